The van der Waals surface area contributed by atoms with E-state index in [-0.39, 0.29) is 0 Å². The van der Waals surface area contributed by atoms with E-state index < -0.39 is 0 Å². The highest BCUT2D eigenvalue weighted by Crippen LogP contribution is 2.47. The second kappa shape index (κ2) is 9.02. The van der Waals surface area contributed by atoms with Gasteiger partial charge in [0.15, 0.2) is 6.20 Å². The fraction of sp³-hybridized carbons (Fsp3) is 0.167. The van der Waals surface area contributed by atoms with Gasteiger partial charge in [-0.3, -0.25) is 0 Å². The smallest absolute Gasteiger partial charge is 0.212 e. The molecule has 0 N–H and O–H groups in total. The number of fused-ring (bicyclic) bond motifs is 2. The zero-order chi connectivity index (χ0) is 20.2. The molecule has 4 rings (SSSR count). The number of aryl methyl sites for hydroxylation is 1. The summed E-state index contributed by atoms with van der Waals surface area (Å²) in [5.74, 6) is 0. The molecule has 1 aromatic heterocycles. The molecule has 0 amide bonds. The Morgan fingerprint density at radius 1 is 1.17 bits per heavy atom. The first-order valence-corrected chi connectivity index (χ1v) is 11.9. The molecule has 29 heavy (non-hydrogen) atoms. The zero-order valence-electron chi connectivity index (χ0n) is 16.2. The van der Waals surface area contributed by atoms with Crippen LogP contribution in [0.15, 0.2) is 82.4 Å². The number of allylic oxidation sites excluding steroid dienone is 2. The molecule has 0 aliphatic carbocycles. The van der Waals surface area contributed by atoms with Gasteiger partial charge in [0.05, 0.1) is 21.7 Å². The van der Waals surface area contributed by atoms with Crippen LogP contribution in [0.5, 0.6) is 0 Å². The number of halogens is 1. The van der Waals surface area contributed by atoms with Crippen LogP contribution in [0.2, 0.25) is 0 Å². The van der Waals surface area contributed by atoms with Crippen LogP contribution in [0.1, 0.15) is 12.0 Å². The van der Waals surface area contributed by atoms with Crippen LogP contribution < -0.4 is 9.47 Å². The molecular weight excluding hydrogens is 489 g/mol. The van der Waals surface area contributed by atoms with Crippen molar-refractivity contribution in [3.05, 3.63) is 83.0 Å². The van der Waals surface area contributed by atoms with Gasteiger partial charge in [-0.15, -0.1) is 0 Å². The largest absolute Gasteiger partial charge is 0.334 e. The number of hydrogen-bond donors (Lipinski definition) is 0. The molecule has 144 valence electrons. The number of nitriles is 1. The van der Waals surface area contributed by atoms with Gasteiger partial charge in [0, 0.05) is 28.0 Å². The Balaban J connectivity index is 1.75. The van der Waals surface area contributed by atoms with Gasteiger partial charge in [0.25, 0.3) is 0 Å². The third-order valence-electron chi connectivity index (χ3n) is 4.98. The number of aromatic nitrogens is 1. The summed E-state index contributed by atoms with van der Waals surface area (Å²) in [6.45, 7) is 0.922. The van der Waals surface area contributed by atoms with Crippen molar-refractivity contribution in [2.75, 3.05) is 15.9 Å². The molecule has 1 aliphatic heterocycles. The van der Waals surface area contributed by atoms with Crippen molar-refractivity contribution in [3.63, 3.8) is 0 Å². The minimum Gasteiger partial charge on any atom is -0.334 e. The van der Waals surface area contributed by atoms with Gasteiger partial charge in [-0.25, -0.2) is 4.57 Å². The molecule has 0 spiro atoms. The standard InChI is InChI=1S/C24H21IN3S/c1-27-16-13-18(20-7-2-3-8-21(20)27)11-12-19(17-26)24-28(15-6-14-25)22-9-4-5-10-23(22)29-24/h2-5,7-13,16H,6,14-15H2,1H3/q+1. The lowest BCUT2D eigenvalue weighted by Crippen LogP contribution is -2.28. The molecule has 0 radical (unpaired) electrons. The Labute approximate surface area is 189 Å². The van der Waals surface area contributed by atoms with Crippen molar-refractivity contribution >= 4 is 57.0 Å². The van der Waals surface area contributed by atoms with Crippen LogP contribution in [0.4, 0.5) is 5.69 Å². The van der Waals surface area contributed by atoms with Gasteiger partial charge in [-0.1, -0.05) is 64.7 Å². The Morgan fingerprint density at radius 3 is 2.79 bits per heavy atom. The monoisotopic (exact) mass is 510 g/mol. The van der Waals surface area contributed by atoms with E-state index in [0.29, 0.717) is 5.57 Å². The Kier molecular flexibility index (Phi) is 6.22. The van der Waals surface area contributed by atoms with E-state index in [1.807, 2.05) is 6.08 Å². The Morgan fingerprint density at radius 2 is 1.97 bits per heavy atom. The summed E-state index contributed by atoms with van der Waals surface area (Å²) in [6, 6.07) is 21.3. The quantitative estimate of drug-likeness (QED) is 0.187. The maximum absolute atomic E-state index is 9.94. The summed E-state index contributed by atoms with van der Waals surface area (Å²) in [5.41, 5.74) is 4.20. The number of anilines is 1. The van der Waals surface area contributed by atoms with E-state index in [0.717, 1.165) is 28.0 Å². The lowest BCUT2D eigenvalue weighted by molar-refractivity contribution is -0.644. The topological polar surface area (TPSA) is 30.9 Å². The Bertz CT molecular complexity index is 1160. The van der Waals surface area contributed by atoms with E-state index in [9.17, 15) is 5.26 Å². The van der Waals surface area contributed by atoms with Crippen molar-refractivity contribution in [2.45, 2.75) is 11.3 Å². The summed E-state index contributed by atoms with van der Waals surface area (Å²) in [7, 11) is 2.05. The van der Waals surface area contributed by atoms with E-state index in [2.05, 4.69) is 112 Å². The van der Waals surface area contributed by atoms with Crippen LogP contribution in [0.3, 0.4) is 0 Å². The molecule has 0 fully saturated rings. The first-order valence-electron chi connectivity index (χ1n) is 9.53. The highest BCUT2D eigenvalue weighted by atomic mass is 127. The number of pyridine rings is 1. The summed E-state index contributed by atoms with van der Waals surface area (Å²) >= 11 is 4.11. The fourth-order valence-corrected chi connectivity index (χ4v) is 5.04. The van der Waals surface area contributed by atoms with Crippen LogP contribution in [-0.4, -0.2) is 11.0 Å². The molecule has 1 aliphatic rings. The maximum atomic E-state index is 9.94. The van der Waals surface area contributed by atoms with Crippen molar-refractivity contribution in [2.24, 2.45) is 7.05 Å². The summed E-state index contributed by atoms with van der Waals surface area (Å²) in [6.07, 6.45) is 7.18. The molecular formula is C24H21IN3S+. The molecule has 3 nitrogen and oxygen atoms in total. The number of nitrogens with zero attached hydrogens (tertiary/aromatic N) is 3. The molecule has 3 aromatic rings. The molecule has 0 saturated carbocycles. The van der Waals surface area contributed by atoms with Gasteiger partial charge in [0.2, 0.25) is 5.52 Å². The van der Waals surface area contributed by atoms with E-state index in [4.69, 9.17) is 0 Å². The van der Waals surface area contributed by atoms with E-state index >= 15 is 0 Å². The highest BCUT2D eigenvalue weighted by Gasteiger charge is 2.26. The summed E-state index contributed by atoms with van der Waals surface area (Å²) in [4.78, 5) is 3.51. The van der Waals surface area contributed by atoms with Crippen LogP contribution in [0.25, 0.3) is 17.0 Å². The molecule has 0 saturated heterocycles. The van der Waals surface area contributed by atoms with Gasteiger partial charge in [-0.2, -0.15) is 5.26 Å². The molecule has 0 unspecified atom stereocenters. The van der Waals surface area contributed by atoms with Crippen molar-refractivity contribution in [1.29, 1.82) is 5.26 Å². The van der Waals surface area contributed by atoms with Crippen molar-refractivity contribution in [3.8, 4) is 6.07 Å². The first kappa shape index (κ1) is 20.0. The van der Waals surface area contributed by atoms with Gasteiger partial charge < -0.3 is 4.90 Å². The van der Waals surface area contributed by atoms with Gasteiger partial charge in [-0.05, 0) is 36.3 Å². The molecule has 2 aromatic carbocycles. The van der Waals surface area contributed by atoms with E-state index in [1.165, 1.54) is 21.5 Å². The molecule has 2 heterocycles. The predicted octanol–water partition coefficient (Wildman–Crippen LogP) is 5.85. The van der Waals surface area contributed by atoms with Crippen LogP contribution in [0, 0.1) is 11.3 Å². The predicted molar refractivity (Wildman–Crippen MR) is 130 cm³/mol. The molecule has 5 heteroatoms. The number of alkyl halides is 1. The SMILES string of the molecule is C[n+]1ccc(/C=C/C(C#N)=C2\Sc3ccccc3N2CCCI)c2ccccc21. The summed E-state index contributed by atoms with van der Waals surface area (Å²) in [5, 5.41) is 12.1. The fourth-order valence-electron chi connectivity index (χ4n) is 3.54. The number of para-hydroxylation sites is 2. The third-order valence-corrected chi connectivity index (χ3v) is 6.94. The van der Waals surface area contributed by atoms with Crippen molar-refractivity contribution < 1.29 is 4.57 Å². The van der Waals surface area contributed by atoms with E-state index in [1.54, 1.807) is 11.8 Å². The summed E-state index contributed by atoms with van der Waals surface area (Å²) < 4.78 is 3.21. The van der Waals surface area contributed by atoms with Crippen molar-refractivity contribution in [1.82, 2.24) is 0 Å². The average molecular weight is 510 g/mol. The number of thioether (sulfide) groups is 1. The molecule has 0 atom stereocenters. The Hall–Kier alpha value is -2.30. The maximum Gasteiger partial charge on any atom is 0.212 e. The van der Waals surface area contributed by atoms with Crippen LogP contribution >= 0.6 is 34.4 Å². The normalized spacial score (nSPS) is 15.0. The van der Waals surface area contributed by atoms with Gasteiger partial charge in [0.1, 0.15) is 13.1 Å². The number of benzene rings is 2. The lowest BCUT2D eigenvalue weighted by Gasteiger charge is -2.20. The number of hydrogen-bond acceptors (Lipinski definition) is 3. The zero-order valence-corrected chi connectivity index (χ0v) is 19.2. The second-order valence-electron chi connectivity index (χ2n) is 6.83. The second-order valence-corrected chi connectivity index (χ2v) is 8.94. The molecule has 0 bridgehead atoms. The van der Waals surface area contributed by atoms with Gasteiger partial charge >= 0.3 is 0 Å². The van der Waals surface area contributed by atoms with Crippen LogP contribution in [-0.2, 0) is 7.05 Å². The minimum atomic E-state index is 0.706. The minimum absolute atomic E-state index is 0.706. The highest BCUT2D eigenvalue weighted by molar-refractivity contribution is 14.1. The number of rotatable bonds is 5. The first-order chi connectivity index (χ1) is 14.2. The average Bonchev–Trinajstić information content (AvgIpc) is 3.12. The lowest BCUT2D eigenvalue weighted by atomic mass is 10.1. The third kappa shape index (κ3) is 4.05.